The highest BCUT2D eigenvalue weighted by Gasteiger charge is 2.47. The third-order valence-electron chi connectivity index (χ3n) is 4.19. The van der Waals surface area contributed by atoms with Gasteiger partial charge in [0.15, 0.2) is 6.10 Å². The van der Waals surface area contributed by atoms with Gasteiger partial charge in [0.25, 0.3) is 0 Å². The highest BCUT2D eigenvalue weighted by atomic mass is 19.4. The summed E-state index contributed by atoms with van der Waals surface area (Å²) in [5.41, 5.74) is -3.51. The molecule has 0 radical (unpaired) electrons. The Morgan fingerprint density at radius 3 is 1.50 bits per heavy atom. The van der Waals surface area contributed by atoms with Crippen LogP contribution in [0.5, 0.6) is 11.5 Å². The third-order valence-corrected chi connectivity index (χ3v) is 4.19. The van der Waals surface area contributed by atoms with Gasteiger partial charge in [-0.1, -0.05) is 24.3 Å². The monoisotopic (exact) mass is 473 g/mol. The molecular weight excluding hydrogens is 461 g/mol. The molecule has 0 saturated heterocycles. The molecule has 2 aromatic rings. The number of aliphatic hydroxyl groups is 1. The lowest BCUT2D eigenvalue weighted by molar-refractivity contribution is -0.275. The van der Waals surface area contributed by atoms with Crippen LogP contribution in [0.25, 0.3) is 0 Å². The predicted molar refractivity (Wildman–Crippen MR) is 89.3 cm³/mol. The number of alkyl halides is 9. The quantitative estimate of drug-likeness (QED) is 0.555. The molecule has 0 aliphatic heterocycles. The molecule has 0 saturated carbocycles. The van der Waals surface area contributed by atoms with E-state index in [1.165, 1.54) is 6.07 Å². The van der Waals surface area contributed by atoms with Crippen LogP contribution in [0.3, 0.4) is 0 Å². The Bertz CT molecular complexity index is 918. The Labute approximate surface area is 174 Å². The zero-order valence-electron chi connectivity index (χ0n) is 15.5. The Morgan fingerprint density at radius 1 is 0.781 bits per heavy atom. The minimum Gasteiger partial charge on any atom is -0.406 e. The lowest BCUT2D eigenvalue weighted by Gasteiger charge is -2.31. The fraction of sp³-hybridized carbons (Fsp3) is 0.316. The Hall–Kier alpha value is -3.14. The summed E-state index contributed by atoms with van der Waals surface area (Å²) in [6.07, 6.45) is -20.1. The number of hydrogen-bond donors (Lipinski definition) is 1. The third kappa shape index (κ3) is 6.43. The van der Waals surface area contributed by atoms with Gasteiger partial charge in [-0.3, -0.25) is 0 Å². The number of nitriles is 1. The van der Waals surface area contributed by atoms with Crippen molar-refractivity contribution >= 4 is 0 Å². The number of rotatable bonds is 6. The Morgan fingerprint density at radius 2 is 1.19 bits per heavy atom. The van der Waals surface area contributed by atoms with Crippen LogP contribution in [-0.2, 0) is 5.41 Å². The molecule has 0 heterocycles. The molecule has 0 spiro atoms. The van der Waals surface area contributed by atoms with Gasteiger partial charge >= 0.3 is 18.9 Å². The van der Waals surface area contributed by atoms with Crippen molar-refractivity contribution in [2.75, 3.05) is 0 Å². The summed E-state index contributed by atoms with van der Waals surface area (Å²) in [5, 5.41) is 19.4. The number of halogens is 9. The lowest BCUT2D eigenvalue weighted by Crippen LogP contribution is -2.38. The van der Waals surface area contributed by atoms with Crippen molar-refractivity contribution in [1.82, 2.24) is 0 Å². The minimum absolute atomic E-state index is 0.491. The van der Waals surface area contributed by atoms with Crippen LogP contribution in [-0.4, -0.2) is 30.1 Å². The van der Waals surface area contributed by atoms with Gasteiger partial charge < -0.3 is 14.6 Å². The normalized spacial score (nSPS) is 13.9. The summed E-state index contributed by atoms with van der Waals surface area (Å²) in [4.78, 5) is 0. The van der Waals surface area contributed by atoms with E-state index < -0.39 is 59.5 Å². The molecule has 0 amide bonds. The molecule has 174 valence electrons. The fourth-order valence-electron chi connectivity index (χ4n) is 2.90. The summed E-state index contributed by atoms with van der Waals surface area (Å²) in [6, 6.07) is 8.17. The van der Waals surface area contributed by atoms with Crippen molar-refractivity contribution in [3.8, 4) is 17.6 Å². The molecule has 1 N–H and O–H groups in total. The first-order valence-electron chi connectivity index (χ1n) is 8.44. The smallest absolute Gasteiger partial charge is 0.406 e. The van der Waals surface area contributed by atoms with Gasteiger partial charge in [-0.15, -0.1) is 26.3 Å². The van der Waals surface area contributed by atoms with E-state index in [0.717, 1.165) is 36.4 Å². The van der Waals surface area contributed by atoms with Crippen LogP contribution in [0.1, 0.15) is 17.5 Å². The number of ether oxygens (including phenoxy) is 2. The molecular formula is C19H12F9NO3. The van der Waals surface area contributed by atoms with E-state index in [2.05, 4.69) is 9.47 Å². The van der Waals surface area contributed by atoms with Crippen molar-refractivity contribution in [2.45, 2.75) is 36.8 Å². The molecule has 0 fully saturated rings. The van der Waals surface area contributed by atoms with Crippen molar-refractivity contribution in [1.29, 1.82) is 5.26 Å². The van der Waals surface area contributed by atoms with Crippen molar-refractivity contribution in [3.63, 3.8) is 0 Å². The maximum absolute atomic E-state index is 13.0. The summed E-state index contributed by atoms with van der Waals surface area (Å²) in [5.74, 6) is -1.78. The predicted octanol–water partition coefficient (Wildman–Crippen LogP) is 5.61. The lowest BCUT2D eigenvalue weighted by atomic mass is 9.71. The van der Waals surface area contributed by atoms with Gasteiger partial charge in [-0.05, 0) is 35.4 Å². The molecule has 2 aromatic carbocycles. The van der Waals surface area contributed by atoms with Gasteiger partial charge in [-0.25, -0.2) is 0 Å². The molecule has 1 atom stereocenters. The fourth-order valence-corrected chi connectivity index (χ4v) is 2.90. The maximum Gasteiger partial charge on any atom is 0.573 e. The molecule has 1 unspecified atom stereocenters. The number of benzene rings is 2. The second-order valence-corrected chi connectivity index (χ2v) is 6.43. The van der Waals surface area contributed by atoms with Gasteiger partial charge in [0.1, 0.15) is 16.9 Å². The maximum atomic E-state index is 13.0. The van der Waals surface area contributed by atoms with Gasteiger partial charge in [0, 0.05) is 6.42 Å². The van der Waals surface area contributed by atoms with Crippen LogP contribution in [0.4, 0.5) is 39.5 Å². The number of hydrogen-bond acceptors (Lipinski definition) is 4. The number of aliphatic hydroxyl groups excluding tert-OH is 1. The van der Waals surface area contributed by atoms with Gasteiger partial charge in [0.2, 0.25) is 0 Å². The Kier molecular flexibility index (Phi) is 6.89. The molecule has 0 bridgehead atoms. The van der Waals surface area contributed by atoms with Gasteiger partial charge in [-0.2, -0.15) is 18.4 Å². The second kappa shape index (κ2) is 8.78. The minimum atomic E-state index is -5.23. The molecule has 32 heavy (non-hydrogen) atoms. The first-order valence-corrected chi connectivity index (χ1v) is 8.44. The van der Waals surface area contributed by atoms with E-state index >= 15 is 0 Å². The highest BCUT2D eigenvalue weighted by molar-refractivity contribution is 5.50. The first-order chi connectivity index (χ1) is 14.6. The largest absolute Gasteiger partial charge is 0.573 e. The van der Waals surface area contributed by atoms with Crippen molar-refractivity contribution in [2.24, 2.45) is 0 Å². The summed E-state index contributed by atoms with van der Waals surface area (Å²) in [6.45, 7) is 0. The SMILES string of the molecule is N#CC(CC(O)C(F)(F)F)(c1cccc(OC(F)(F)F)c1)c1cccc(OC(F)(F)F)c1. The molecule has 0 aliphatic carbocycles. The van der Waals surface area contributed by atoms with E-state index in [4.69, 9.17) is 0 Å². The van der Waals surface area contributed by atoms with E-state index in [0.29, 0.717) is 12.1 Å². The number of nitrogens with zero attached hydrogens (tertiary/aromatic N) is 1. The van der Waals surface area contributed by atoms with Crippen LogP contribution in [0, 0.1) is 11.3 Å². The van der Waals surface area contributed by atoms with Crippen LogP contribution in [0.15, 0.2) is 48.5 Å². The van der Waals surface area contributed by atoms with Crippen LogP contribution in [0.2, 0.25) is 0 Å². The van der Waals surface area contributed by atoms with Crippen LogP contribution < -0.4 is 9.47 Å². The summed E-state index contributed by atoms with van der Waals surface area (Å²) in [7, 11) is 0. The topological polar surface area (TPSA) is 62.5 Å². The second-order valence-electron chi connectivity index (χ2n) is 6.43. The average molecular weight is 473 g/mol. The van der Waals surface area contributed by atoms with E-state index in [1.807, 2.05) is 0 Å². The van der Waals surface area contributed by atoms with Crippen LogP contribution >= 0.6 is 0 Å². The first kappa shape index (κ1) is 25.1. The Balaban J connectivity index is 2.68. The molecule has 0 aliphatic rings. The van der Waals surface area contributed by atoms with Crippen molar-refractivity contribution in [3.05, 3.63) is 59.7 Å². The zero-order chi connectivity index (χ0) is 24.4. The molecule has 13 heteroatoms. The summed E-state index contributed by atoms with van der Waals surface area (Å²) < 4.78 is 122. The standard InChI is InChI=1S/C19H12F9NO3/c20-17(21,22)15(30)9-16(10-29,11-3-1-5-13(7-11)31-18(23,24)25)12-4-2-6-14(8-12)32-19(26,27)28/h1-8,15,30H,9H2. The van der Waals surface area contributed by atoms with E-state index in [9.17, 15) is 49.9 Å². The average Bonchev–Trinajstić information content (AvgIpc) is 2.63. The van der Waals surface area contributed by atoms with Gasteiger partial charge in [0.05, 0.1) is 6.07 Å². The van der Waals surface area contributed by atoms with E-state index in [1.54, 1.807) is 0 Å². The van der Waals surface area contributed by atoms with Crippen molar-refractivity contribution < 1.29 is 54.1 Å². The zero-order valence-corrected chi connectivity index (χ0v) is 15.5. The highest BCUT2D eigenvalue weighted by Crippen LogP contribution is 2.42. The molecule has 2 rings (SSSR count). The van der Waals surface area contributed by atoms with E-state index in [-0.39, 0.29) is 0 Å². The molecule has 0 aromatic heterocycles. The summed E-state index contributed by atoms with van der Waals surface area (Å²) >= 11 is 0. The molecule has 4 nitrogen and oxygen atoms in total.